The van der Waals surface area contributed by atoms with Crippen LogP contribution in [-0.4, -0.2) is 16.1 Å². The molecule has 4 heteroatoms. The number of rotatable bonds is 2. The number of fused-ring (bicyclic) bond motifs is 1. The summed E-state index contributed by atoms with van der Waals surface area (Å²) in [6.45, 7) is -0.691. The third-order valence-electron chi connectivity index (χ3n) is 2.15. The van der Waals surface area contributed by atoms with Crippen LogP contribution in [0.5, 0.6) is 0 Å². The normalized spacial score (nSPS) is 10.5. The fraction of sp³-hybridized carbons (Fsp3) is 0.0909. The van der Waals surface area contributed by atoms with E-state index in [9.17, 15) is 9.18 Å². The second kappa shape index (κ2) is 3.65. The standard InChI is InChI=1S/C11H8FNO2/c12-6-8-5-4-7-2-1-3-9(11(14)15)10(7)13-8/h1-5H,6H2,(H,14,15). The van der Waals surface area contributed by atoms with Gasteiger partial charge in [0.2, 0.25) is 0 Å². The summed E-state index contributed by atoms with van der Waals surface area (Å²) < 4.78 is 12.4. The van der Waals surface area contributed by atoms with E-state index >= 15 is 0 Å². The second-order valence-electron chi connectivity index (χ2n) is 3.12. The Hall–Kier alpha value is -1.97. The van der Waals surface area contributed by atoms with Gasteiger partial charge in [-0.3, -0.25) is 0 Å². The molecule has 0 radical (unpaired) electrons. The molecule has 76 valence electrons. The minimum Gasteiger partial charge on any atom is -0.478 e. The first kappa shape index (κ1) is 9.58. The van der Waals surface area contributed by atoms with Gasteiger partial charge in [-0.05, 0) is 12.1 Å². The van der Waals surface area contributed by atoms with Crippen LogP contribution >= 0.6 is 0 Å². The summed E-state index contributed by atoms with van der Waals surface area (Å²) in [5.41, 5.74) is 0.680. The summed E-state index contributed by atoms with van der Waals surface area (Å²) >= 11 is 0. The van der Waals surface area contributed by atoms with Gasteiger partial charge in [0.15, 0.2) is 0 Å². The largest absolute Gasteiger partial charge is 0.478 e. The Bertz CT molecular complexity index is 525. The third-order valence-corrected chi connectivity index (χ3v) is 2.15. The number of para-hydroxylation sites is 1. The van der Waals surface area contributed by atoms with Crippen molar-refractivity contribution in [1.82, 2.24) is 4.98 Å². The maximum absolute atomic E-state index is 12.4. The molecule has 0 aliphatic heterocycles. The Morgan fingerprint density at radius 1 is 1.33 bits per heavy atom. The van der Waals surface area contributed by atoms with Crippen LogP contribution in [0, 0.1) is 0 Å². The maximum atomic E-state index is 12.4. The van der Waals surface area contributed by atoms with Gasteiger partial charge in [0.1, 0.15) is 6.67 Å². The highest BCUT2D eigenvalue weighted by Gasteiger charge is 2.09. The first-order chi connectivity index (χ1) is 7.22. The molecule has 3 nitrogen and oxygen atoms in total. The molecule has 0 amide bonds. The molecule has 15 heavy (non-hydrogen) atoms. The molecular weight excluding hydrogens is 197 g/mol. The number of pyridine rings is 1. The lowest BCUT2D eigenvalue weighted by molar-refractivity contribution is 0.0699. The number of carboxylic acid groups (broad SMARTS) is 1. The van der Waals surface area contributed by atoms with Gasteiger partial charge in [-0.15, -0.1) is 0 Å². The fourth-order valence-corrected chi connectivity index (χ4v) is 1.43. The predicted molar refractivity (Wildman–Crippen MR) is 53.5 cm³/mol. The molecule has 1 aromatic carbocycles. The van der Waals surface area contributed by atoms with Gasteiger partial charge in [-0.1, -0.05) is 18.2 Å². The number of aromatic carboxylic acids is 1. The van der Waals surface area contributed by atoms with E-state index in [0.29, 0.717) is 10.9 Å². The minimum absolute atomic E-state index is 0.0998. The van der Waals surface area contributed by atoms with E-state index < -0.39 is 12.6 Å². The van der Waals surface area contributed by atoms with Crippen LogP contribution in [0.2, 0.25) is 0 Å². The lowest BCUT2D eigenvalue weighted by Gasteiger charge is -2.02. The summed E-state index contributed by atoms with van der Waals surface area (Å²) in [5.74, 6) is -1.05. The van der Waals surface area contributed by atoms with Crippen LogP contribution in [0.1, 0.15) is 16.1 Å². The topological polar surface area (TPSA) is 50.2 Å². The van der Waals surface area contributed by atoms with E-state index in [1.54, 1.807) is 24.3 Å². The van der Waals surface area contributed by atoms with E-state index in [-0.39, 0.29) is 11.3 Å². The molecule has 0 spiro atoms. The smallest absolute Gasteiger partial charge is 0.337 e. The van der Waals surface area contributed by atoms with E-state index in [0.717, 1.165) is 0 Å². The molecule has 0 aliphatic rings. The molecule has 1 aromatic heterocycles. The van der Waals surface area contributed by atoms with Crippen molar-refractivity contribution in [3.63, 3.8) is 0 Å². The molecule has 1 heterocycles. The van der Waals surface area contributed by atoms with Crippen LogP contribution in [0.4, 0.5) is 4.39 Å². The second-order valence-corrected chi connectivity index (χ2v) is 3.12. The highest BCUT2D eigenvalue weighted by atomic mass is 19.1. The molecule has 2 rings (SSSR count). The Kier molecular flexibility index (Phi) is 2.33. The highest BCUT2D eigenvalue weighted by Crippen LogP contribution is 2.17. The van der Waals surface area contributed by atoms with Crippen molar-refractivity contribution in [2.24, 2.45) is 0 Å². The third kappa shape index (κ3) is 1.66. The zero-order valence-electron chi connectivity index (χ0n) is 7.77. The molecule has 0 atom stereocenters. The van der Waals surface area contributed by atoms with Crippen LogP contribution in [0.15, 0.2) is 30.3 Å². The molecule has 0 saturated heterocycles. The highest BCUT2D eigenvalue weighted by molar-refractivity contribution is 6.01. The van der Waals surface area contributed by atoms with E-state index in [4.69, 9.17) is 5.11 Å². The molecule has 2 aromatic rings. The number of nitrogens with zero attached hydrogens (tertiary/aromatic N) is 1. The number of aromatic nitrogens is 1. The lowest BCUT2D eigenvalue weighted by Crippen LogP contribution is -1.99. The van der Waals surface area contributed by atoms with E-state index in [1.165, 1.54) is 6.07 Å². The first-order valence-electron chi connectivity index (χ1n) is 4.40. The minimum atomic E-state index is -1.05. The monoisotopic (exact) mass is 205 g/mol. The molecular formula is C11H8FNO2. The van der Waals surface area contributed by atoms with Gasteiger partial charge in [0.05, 0.1) is 16.8 Å². The summed E-state index contributed by atoms with van der Waals surface area (Å²) in [5, 5.41) is 9.61. The van der Waals surface area contributed by atoms with Gasteiger partial charge in [-0.25, -0.2) is 14.2 Å². The molecule has 0 bridgehead atoms. The van der Waals surface area contributed by atoms with Crippen LogP contribution < -0.4 is 0 Å². The van der Waals surface area contributed by atoms with Crippen molar-refractivity contribution in [1.29, 1.82) is 0 Å². The van der Waals surface area contributed by atoms with Crippen LogP contribution in [0.3, 0.4) is 0 Å². The van der Waals surface area contributed by atoms with Crippen LogP contribution in [0.25, 0.3) is 10.9 Å². The number of carbonyl (C=O) groups is 1. The van der Waals surface area contributed by atoms with Crippen LogP contribution in [-0.2, 0) is 6.67 Å². The van der Waals surface area contributed by atoms with Gasteiger partial charge in [-0.2, -0.15) is 0 Å². The zero-order valence-corrected chi connectivity index (χ0v) is 7.77. The van der Waals surface area contributed by atoms with Crippen molar-refractivity contribution in [3.8, 4) is 0 Å². The predicted octanol–water partition coefficient (Wildman–Crippen LogP) is 2.40. The molecule has 0 fully saturated rings. The molecule has 1 N–H and O–H groups in total. The fourth-order valence-electron chi connectivity index (χ4n) is 1.43. The Labute approximate surface area is 85.2 Å². The maximum Gasteiger partial charge on any atom is 0.337 e. The van der Waals surface area contributed by atoms with Crippen molar-refractivity contribution in [2.45, 2.75) is 6.67 Å². The Morgan fingerprint density at radius 2 is 2.13 bits per heavy atom. The Balaban J connectivity index is 2.76. The quantitative estimate of drug-likeness (QED) is 0.818. The molecule has 0 aliphatic carbocycles. The van der Waals surface area contributed by atoms with Crippen molar-refractivity contribution >= 4 is 16.9 Å². The average molecular weight is 205 g/mol. The number of hydrogen-bond acceptors (Lipinski definition) is 2. The van der Waals surface area contributed by atoms with Crippen molar-refractivity contribution in [2.75, 3.05) is 0 Å². The SMILES string of the molecule is O=C(O)c1cccc2ccc(CF)nc12. The van der Waals surface area contributed by atoms with E-state index in [1.807, 2.05) is 0 Å². The lowest BCUT2D eigenvalue weighted by atomic mass is 10.1. The van der Waals surface area contributed by atoms with Gasteiger partial charge in [0, 0.05) is 5.39 Å². The summed E-state index contributed by atoms with van der Waals surface area (Å²) in [7, 11) is 0. The average Bonchev–Trinajstić information content (AvgIpc) is 2.27. The summed E-state index contributed by atoms with van der Waals surface area (Å²) in [4.78, 5) is 14.8. The van der Waals surface area contributed by atoms with Gasteiger partial charge < -0.3 is 5.11 Å². The number of halogens is 1. The van der Waals surface area contributed by atoms with Gasteiger partial charge in [0.25, 0.3) is 0 Å². The van der Waals surface area contributed by atoms with Crippen molar-refractivity contribution < 1.29 is 14.3 Å². The van der Waals surface area contributed by atoms with Gasteiger partial charge >= 0.3 is 5.97 Å². The summed E-state index contributed by atoms with van der Waals surface area (Å²) in [6.07, 6.45) is 0. The first-order valence-corrected chi connectivity index (χ1v) is 4.40. The number of benzene rings is 1. The number of hydrogen-bond donors (Lipinski definition) is 1. The molecule has 0 unspecified atom stereocenters. The Morgan fingerprint density at radius 3 is 2.80 bits per heavy atom. The van der Waals surface area contributed by atoms with E-state index in [2.05, 4.69) is 4.98 Å². The molecule has 0 saturated carbocycles. The zero-order chi connectivity index (χ0) is 10.8. The number of carboxylic acids is 1. The number of alkyl halides is 1. The summed E-state index contributed by atoms with van der Waals surface area (Å²) in [6, 6.07) is 8.07. The van der Waals surface area contributed by atoms with Crippen molar-refractivity contribution in [3.05, 3.63) is 41.6 Å².